The molecule has 5 heteroatoms. The predicted molar refractivity (Wildman–Crippen MR) is 68.9 cm³/mol. The summed E-state index contributed by atoms with van der Waals surface area (Å²) in [5.74, 6) is 0. The Labute approximate surface area is 104 Å². The number of hydrogen-bond donors (Lipinski definition) is 1. The van der Waals surface area contributed by atoms with Gasteiger partial charge >= 0.3 is 0 Å². The van der Waals surface area contributed by atoms with Crippen molar-refractivity contribution in [3.63, 3.8) is 0 Å². The van der Waals surface area contributed by atoms with Gasteiger partial charge < -0.3 is 5.73 Å². The first-order chi connectivity index (χ1) is 8.29. The van der Waals surface area contributed by atoms with Crippen molar-refractivity contribution < 1.29 is 0 Å². The van der Waals surface area contributed by atoms with Gasteiger partial charge in [0.05, 0.1) is 11.4 Å². The number of hydrogen-bond acceptors (Lipinski definition) is 4. The second-order valence-electron chi connectivity index (χ2n) is 4.36. The van der Waals surface area contributed by atoms with Crippen molar-refractivity contribution in [3.8, 4) is 10.7 Å². The number of thiazole rings is 1. The lowest BCUT2D eigenvalue weighted by atomic mass is 9.99. The molecule has 17 heavy (non-hydrogen) atoms. The van der Waals surface area contributed by atoms with E-state index in [1.807, 2.05) is 16.9 Å². The molecular weight excluding hydrogens is 232 g/mol. The molecule has 0 saturated carbocycles. The molecule has 1 atom stereocenters. The van der Waals surface area contributed by atoms with Gasteiger partial charge in [-0.15, -0.1) is 11.3 Å². The third kappa shape index (κ3) is 1.79. The normalized spacial score (nSPS) is 19.3. The minimum absolute atomic E-state index is 0.183. The van der Waals surface area contributed by atoms with Crippen molar-refractivity contribution in [2.24, 2.45) is 5.73 Å². The Bertz CT molecular complexity index is 528. The molecule has 2 aromatic heterocycles. The van der Waals surface area contributed by atoms with Gasteiger partial charge in [-0.3, -0.25) is 4.68 Å². The summed E-state index contributed by atoms with van der Waals surface area (Å²) in [5, 5.41) is 5.35. The Balaban J connectivity index is 2.05. The van der Waals surface area contributed by atoms with E-state index in [0.717, 1.165) is 36.5 Å². The highest BCUT2D eigenvalue weighted by atomic mass is 32.1. The summed E-state index contributed by atoms with van der Waals surface area (Å²) in [6.45, 7) is 2.97. The number of nitrogens with two attached hydrogens (primary N) is 1. The summed E-state index contributed by atoms with van der Waals surface area (Å²) in [6.07, 6.45) is 5.14. The predicted octanol–water partition coefficient (Wildman–Crippen LogP) is 2.36. The molecule has 90 valence electrons. The smallest absolute Gasteiger partial charge is 0.142 e. The summed E-state index contributed by atoms with van der Waals surface area (Å²) in [5.41, 5.74) is 8.44. The second kappa shape index (κ2) is 4.23. The first kappa shape index (κ1) is 10.9. The van der Waals surface area contributed by atoms with Crippen LogP contribution in [-0.2, 0) is 13.0 Å². The van der Waals surface area contributed by atoms with Gasteiger partial charge in [-0.2, -0.15) is 5.10 Å². The van der Waals surface area contributed by atoms with Gasteiger partial charge in [0.2, 0.25) is 0 Å². The maximum absolute atomic E-state index is 6.13. The Morgan fingerprint density at radius 1 is 1.59 bits per heavy atom. The van der Waals surface area contributed by atoms with Crippen LogP contribution in [0.2, 0.25) is 0 Å². The fourth-order valence-corrected chi connectivity index (χ4v) is 3.51. The molecule has 0 radical (unpaired) electrons. The SMILES string of the molecule is CCn1nccc1-c1nc2c(s1)C(N)CCC2. The number of rotatable bonds is 2. The van der Waals surface area contributed by atoms with Gasteiger partial charge in [-0.25, -0.2) is 4.98 Å². The van der Waals surface area contributed by atoms with Gasteiger partial charge in [0.1, 0.15) is 5.01 Å². The number of fused-ring (bicyclic) bond motifs is 1. The van der Waals surface area contributed by atoms with Crippen molar-refractivity contribution in [2.75, 3.05) is 0 Å². The Kier molecular flexibility index (Phi) is 2.72. The lowest BCUT2D eigenvalue weighted by Gasteiger charge is -2.15. The van der Waals surface area contributed by atoms with Crippen molar-refractivity contribution >= 4 is 11.3 Å². The first-order valence-electron chi connectivity index (χ1n) is 6.07. The summed E-state index contributed by atoms with van der Waals surface area (Å²) >= 11 is 1.73. The molecule has 2 N–H and O–H groups in total. The van der Waals surface area contributed by atoms with Crippen LogP contribution in [0.1, 0.15) is 36.4 Å². The Morgan fingerprint density at radius 3 is 3.24 bits per heavy atom. The van der Waals surface area contributed by atoms with Crippen molar-refractivity contribution in [1.29, 1.82) is 0 Å². The van der Waals surface area contributed by atoms with Gasteiger partial charge in [0.25, 0.3) is 0 Å². The van der Waals surface area contributed by atoms with E-state index in [1.165, 1.54) is 10.6 Å². The number of aryl methyl sites for hydroxylation is 2. The fourth-order valence-electron chi connectivity index (χ4n) is 2.33. The Hall–Kier alpha value is -1.20. The van der Waals surface area contributed by atoms with E-state index < -0.39 is 0 Å². The van der Waals surface area contributed by atoms with E-state index in [9.17, 15) is 0 Å². The van der Waals surface area contributed by atoms with Crippen LogP contribution in [0.25, 0.3) is 10.7 Å². The summed E-state index contributed by atoms with van der Waals surface area (Å²) < 4.78 is 1.98. The molecule has 1 unspecified atom stereocenters. The molecule has 0 bridgehead atoms. The van der Waals surface area contributed by atoms with Crippen molar-refractivity contribution in [1.82, 2.24) is 14.8 Å². The van der Waals surface area contributed by atoms with Gasteiger partial charge in [0.15, 0.2) is 0 Å². The highest BCUT2D eigenvalue weighted by molar-refractivity contribution is 7.15. The molecule has 2 aromatic rings. The lowest BCUT2D eigenvalue weighted by Crippen LogP contribution is -2.15. The minimum Gasteiger partial charge on any atom is -0.323 e. The van der Waals surface area contributed by atoms with Crippen LogP contribution >= 0.6 is 11.3 Å². The van der Waals surface area contributed by atoms with Gasteiger partial charge in [0, 0.05) is 23.7 Å². The third-order valence-corrected chi connectivity index (χ3v) is 4.48. The largest absolute Gasteiger partial charge is 0.323 e. The van der Waals surface area contributed by atoms with E-state index in [2.05, 4.69) is 12.0 Å². The van der Waals surface area contributed by atoms with E-state index in [0.29, 0.717) is 0 Å². The Morgan fingerprint density at radius 2 is 2.47 bits per heavy atom. The zero-order valence-electron chi connectivity index (χ0n) is 9.89. The highest BCUT2D eigenvalue weighted by Gasteiger charge is 2.22. The number of nitrogens with zero attached hydrogens (tertiary/aromatic N) is 3. The molecule has 0 spiro atoms. The topological polar surface area (TPSA) is 56.7 Å². The van der Waals surface area contributed by atoms with Crippen molar-refractivity contribution in [2.45, 2.75) is 38.8 Å². The first-order valence-corrected chi connectivity index (χ1v) is 6.88. The maximum Gasteiger partial charge on any atom is 0.142 e. The molecule has 0 fully saturated rings. The summed E-state index contributed by atoms with van der Waals surface area (Å²) in [4.78, 5) is 6.00. The van der Waals surface area contributed by atoms with E-state index in [4.69, 9.17) is 10.7 Å². The molecule has 2 heterocycles. The lowest BCUT2D eigenvalue weighted by molar-refractivity contribution is 0.573. The quantitative estimate of drug-likeness (QED) is 0.887. The maximum atomic E-state index is 6.13. The van der Waals surface area contributed by atoms with Crippen LogP contribution in [-0.4, -0.2) is 14.8 Å². The summed E-state index contributed by atoms with van der Waals surface area (Å²) in [6, 6.07) is 2.21. The third-order valence-electron chi connectivity index (χ3n) is 3.23. The molecule has 4 nitrogen and oxygen atoms in total. The summed E-state index contributed by atoms with van der Waals surface area (Å²) in [7, 11) is 0. The van der Waals surface area contributed by atoms with E-state index in [-0.39, 0.29) is 6.04 Å². The standard InChI is InChI=1S/C12H16N4S/c1-2-16-10(6-7-14-16)12-15-9-5-3-4-8(13)11(9)17-12/h6-8H,2-5,13H2,1H3. The van der Waals surface area contributed by atoms with Crippen LogP contribution < -0.4 is 5.73 Å². The highest BCUT2D eigenvalue weighted by Crippen LogP contribution is 2.36. The molecule has 0 aliphatic heterocycles. The van der Waals surface area contributed by atoms with Crippen LogP contribution in [0.5, 0.6) is 0 Å². The van der Waals surface area contributed by atoms with Gasteiger partial charge in [-0.05, 0) is 32.3 Å². The zero-order valence-corrected chi connectivity index (χ0v) is 10.7. The minimum atomic E-state index is 0.183. The molecule has 1 aliphatic carbocycles. The molecule has 3 rings (SSSR count). The van der Waals surface area contributed by atoms with Crippen molar-refractivity contribution in [3.05, 3.63) is 22.8 Å². The van der Waals surface area contributed by atoms with E-state index >= 15 is 0 Å². The van der Waals surface area contributed by atoms with Gasteiger partial charge in [-0.1, -0.05) is 0 Å². The van der Waals surface area contributed by atoms with Crippen LogP contribution in [0, 0.1) is 0 Å². The molecule has 1 aliphatic rings. The zero-order chi connectivity index (χ0) is 11.8. The molecule has 0 amide bonds. The van der Waals surface area contributed by atoms with Crippen LogP contribution in [0.15, 0.2) is 12.3 Å². The average Bonchev–Trinajstić information content (AvgIpc) is 2.94. The molecule has 0 aromatic carbocycles. The average molecular weight is 248 g/mol. The van der Waals surface area contributed by atoms with E-state index in [1.54, 1.807) is 11.3 Å². The molecular formula is C12H16N4S. The fraction of sp³-hybridized carbons (Fsp3) is 0.500. The van der Waals surface area contributed by atoms with Crippen LogP contribution in [0.4, 0.5) is 0 Å². The monoisotopic (exact) mass is 248 g/mol. The number of aromatic nitrogens is 3. The second-order valence-corrected chi connectivity index (χ2v) is 5.39. The van der Waals surface area contributed by atoms with Crippen LogP contribution in [0.3, 0.4) is 0 Å². The molecule has 0 saturated heterocycles.